The second-order valence-corrected chi connectivity index (χ2v) is 10.1. The molecular formula is C25H24N2O3S2. The zero-order chi connectivity index (χ0) is 21.9. The maximum atomic E-state index is 9.36. The number of rotatable bonds is 6. The minimum absolute atomic E-state index is 0.00490. The van der Waals surface area contributed by atoms with Crippen molar-refractivity contribution in [2.75, 3.05) is 11.5 Å². The first-order valence-corrected chi connectivity index (χ1v) is 12.3. The van der Waals surface area contributed by atoms with Crippen molar-refractivity contribution in [1.82, 2.24) is 4.98 Å². The van der Waals surface area contributed by atoms with Gasteiger partial charge in [-0.15, -0.1) is 11.3 Å². The largest absolute Gasteiger partial charge is 0.399 e. The van der Waals surface area contributed by atoms with Gasteiger partial charge in [0.25, 0.3) is 0 Å². The molecule has 4 aromatic rings. The van der Waals surface area contributed by atoms with Gasteiger partial charge in [-0.05, 0) is 35.4 Å². The van der Waals surface area contributed by atoms with Crippen LogP contribution in [0.25, 0.3) is 10.2 Å². The summed E-state index contributed by atoms with van der Waals surface area (Å²) in [6.07, 6.45) is 0.143. The highest BCUT2D eigenvalue weighted by Gasteiger charge is 2.32. The monoisotopic (exact) mass is 464 g/mol. The quantitative estimate of drug-likeness (QED) is 0.281. The van der Waals surface area contributed by atoms with Gasteiger partial charge in [0.2, 0.25) is 0 Å². The zero-order valence-corrected chi connectivity index (χ0v) is 19.0. The van der Waals surface area contributed by atoms with Gasteiger partial charge in [0.15, 0.2) is 10.6 Å². The van der Waals surface area contributed by atoms with E-state index in [1.807, 2.05) is 66.7 Å². The molecule has 3 aromatic carbocycles. The van der Waals surface area contributed by atoms with Crippen LogP contribution in [0.2, 0.25) is 0 Å². The first-order valence-electron chi connectivity index (χ1n) is 10.5. The predicted octanol–water partition coefficient (Wildman–Crippen LogP) is 5.71. The van der Waals surface area contributed by atoms with Crippen molar-refractivity contribution in [3.05, 3.63) is 89.5 Å². The lowest BCUT2D eigenvalue weighted by molar-refractivity contribution is -0.245. The Labute approximate surface area is 195 Å². The first kappa shape index (κ1) is 21.4. The Morgan fingerprint density at radius 1 is 1.00 bits per heavy atom. The van der Waals surface area contributed by atoms with Gasteiger partial charge < -0.3 is 20.3 Å². The highest BCUT2D eigenvalue weighted by Crippen LogP contribution is 2.40. The van der Waals surface area contributed by atoms with Crippen molar-refractivity contribution in [3.8, 4) is 0 Å². The summed E-state index contributed by atoms with van der Waals surface area (Å²) in [6, 6.07) is 23.8. The lowest BCUT2D eigenvalue weighted by Crippen LogP contribution is -2.31. The van der Waals surface area contributed by atoms with E-state index in [0.29, 0.717) is 5.69 Å². The third kappa shape index (κ3) is 4.82. The molecule has 1 aliphatic rings. The number of fused-ring (bicyclic) bond motifs is 1. The van der Waals surface area contributed by atoms with Crippen LogP contribution in [-0.2, 0) is 16.1 Å². The molecule has 0 radical (unpaired) electrons. The molecule has 5 nitrogen and oxygen atoms in total. The number of benzene rings is 3. The number of thiazole rings is 1. The second-order valence-electron chi connectivity index (χ2n) is 7.78. The molecule has 5 rings (SSSR count). The van der Waals surface area contributed by atoms with Crippen LogP contribution in [0.4, 0.5) is 5.69 Å². The van der Waals surface area contributed by atoms with Crippen molar-refractivity contribution in [3.63, 3.8) is 0 Å². The molecule has 1 saturated heterocycles. The summed E-state index contributed by atoms with van der Waals surface area (Å²) >= 11 is 3.44. The second kappa shape index (κ2) is 9.60. The van der Waals surface area contributed by atoms with Crippen LogP contribution in [0.5, 0.6) is 0 Å². The van der Waals surface area contributed by atoms with Crippen LogP contribution in [-0.4, -0.2) is 21.9 Å². The van der Waals surface area contributed by atoms with Crippen molar-refractivity contribution in [1.29, 1.82) is 0 Å². The van der Waals surface area contributed by atoms with Gasteiger partial charge in [-0.1, -0.05) is 60.3 Å². The van der Waals surface area contributed by atoms with Gasteiger partial charge in [0.1, 0.15) is 0 Å². The van der Waals surface area contributed by atoms with Crippen molar-refractivity contribution in [2.45, 2.75) is 35.9 Å². The fraction of sp³-hybridized carbons (Fsp3) is 0.240. The summed E-state index contributed by atoms with van der Waals surface area (Å²) < 4.78 is 15.0. The van der Waals surface area contributed by atoms with Gasteiger partial charge in [0.05, 0.1) is 29.0 Å². The number of hydrogen-bond acceptors (Lipinski definition) is 7. The number of aromatic nitrogens is 1. The van der Waals surface area contributed by atoms with Gasteiger partial charge >= 0.3 is 0 Å². The lowest BCUT2D eigenvalue weighted by Gasteiger charge is -2.36. The molecule has 0 aliphatic carbocycles. The zero-order valence-electron chi connectivity index (χ0n) is 17.4. The summed E-state index contributed by atoms with van der Waals surface area (Å²) in [5.41, 5.74) is 10.6. The Kier molecular flexibility index (Phi) is 6.43. The number of thioether (sulfide) groups is 1. The lowest BCUT2D eigenvalue weighted by atomic mass is 10.0. The molecule has 0 saturated carbocycles. The Hall–Kier alpha value is -2.42. The molecule has 2 heterocycles. The van der Waals surface area contributed by atoms with E-state index in [1.54, 1.807) is 23.1 Å². The highest BCUT2D eigenvalue weighted by atomic mass is 32.2. The molecule has 3 atom stereocenters. The number of ether oxygens (including phenoxy) is 2. The summed E-state index contributed by atoms with van der Waals surface area (Å²) in [5.74, 6) is 0.785. The minimum Gasteiger partial charge on any atom is -0.399 e. The topological polar surface area (TPSA) is 77.6 Å². The number of hydrogen-bond donors (Lipinski definition) is 2. The fourth-order valence-electron chi connectivity index (χ4n) is 3.81. The fourth-order valence-corrected chi connectivity index (χ4v) is 5.92. The normalized spacial score (nSPS) is 21.1. The molecule has 1 aliphatic heterocycles. The maximum absolute atomic E-state index is 9.36. The molecule has 0 spiro atoms. The predicted molar refractivity (Wildman–Crippen MR) is 130 cm³/mol. The van der Waals surface area contributed by atoms with E-state index in [9.17, 15) is 5.11 Å². The Balaban J connectivity index is 1.36. The van der Waals surface area contributed by atoms with E-state index in [-0.39, 0.29) is 18.8 Å². The molecule has 1 fully saturated rings. The van der Waals surface area contributed by atoms with E-state index in [2.05, 4.69) is 6.07 Å². The summed E-state index contributed by atoms with van der Waals surface area (Å²) in [7, 11) is 0. The summed E-state index contributed by atoms with van der Waals surface area (Å²) in [5, 5.41) is 9.36. The van der Waals surface area contributed by atoms with Gasteiger partial charge in [-0.3, -0.25) is 0 Å². The number of para-hydroxylation sites is 1. The third-order valence-electron chi connectivity index (χ3n) is 5.46. The molecular weight excluding hydrogens is 440 g/mol. The smallest absolute Gasteiger partial charge is 0.184 e. The van der Waals surface area contributed by atoms with Crippen LogP contribution in [0.1, 0.15) is 35.5 Å². The van der Waals surface area contributed by atoms with E-state index < -0.39 is 6.29 Å². The van der Waals surface area contributed by atoms with Gasteiger partial charge in [-0.25, -0.2) is 4.98 Å². The Morgan fingerprint density at radius 3 is 2.62 bits per heavy atom. The van der Waals surface area contributed by atoms with Crippen LogP contribution < -0.4 is 5.73 Å². The van der Waals surface area contributed by atoms with Crippen molar-refractivity contribution in [2.24, 2.45) is 0 Å². The average Bonchev–Trinajstić information content (AvgIpc) is 3.26. The van der Waals surface area contributed by atoms with Crippen LogP contribution in [0.15, 0.2) is 77.1 Å². The summed E-state index contributed by atoms with van der Waals surface area (Å²) in [4.78, 5) is 4.74. The van der Waals surface area contributed by atoms with Gasteiger partial charge in [-0.2, -0.15) is 0 Å². The Morgan fingerprint density at radius 2 is 1.84 bits per heavy atom. The van der Waals surface area contributed by atoms with E-state index >= 15 is 0 Å². The van der Waals surface area contributed by atoms with Crippen LogP contribution >= 0.6 is 23.1 Å². The van der Waals surface area contributed by atoms with Crippen LogP contribution in [0, 0.1) is 0 Å². The molecule has 0 bridgehead atoms. The molecule has 32 heavy (non-hydrogen) atoms. The standard InChI is InChI=1S/C25H24N2O3S2/c26-19-5-3-4-18(12-19)24-29-20(13-22(30-24)17-10-8-16(14-28)9-11-17)15-31-25-27-21-6-1-2-7-23(21)32-25/h1-12,20,22,24,28H,13-15,26H2. The highest BCUT2D eigenvalue weighted by molar-refractivity contribution is 8.01. The molecule has 0 amide bonds. The van der Waals surface area contributed by atoms with Crippen molar-refractivity contribution >= 4 is 39.0 Å². The Bertz CT molecular complexity index is 1160. The molecule has 164 valence electrons. The number of nitrogen functional groups attached to an aromatic ring is 1. The number of anilines is 1. The molecule has 3 unspecified atom stereocenters. The number of nitrogens with two attached hydrogens (primary N) is 1. The van der Waals surface area contributed by atoms with Gasteiger partial charge in [0, 0.05) is 23.4 Å². The SMILES string of the molecule is Nc1cccc(C2OC(CSc3nc4ccccc4s3)CC(c3ccc(CO)cc3)O2)c1. The van der Waals surface area contributed by atoms with E-state index in [0.717, 1.165) is 38.7 Å². The summed E-state index contributed by atoms with van der Waals surface area (Å²) in [6.45, 7) is 0.0300. The molecule has 7 heteroatoms. The molecule has 1 aromatic heterocycles. The number of nitrogens with zero attached hydrogens (tertiary/aromatic N) is 1. The van der Waals surface area contributed by atoms with E-state index in [1.165, 1.54) is 4.70 Å². The van der Waals surface area contributed by atoms with Crippen molar-refractivity contribution < 1.29 is 14.6 Å². The minimum atomic E-state index is -0.490. The number of aliphatic hydroxyl groups is 1. The number of aliphatic hydroxyl groups excluding tert-OH is 1. The third-order valence-corrected chi connectivity index (χ3v) is 7.78. The van der Waals surface area contributed by atoms with Crippen LogP contribution in [0.3, 0.4) is 0 Å². The molecule has 3 N–H and O–H groups in total. The first-order chi connectivity index (χ1) is 15.7. The maximum Gasteiger partial charge on any atom is 0.184 e. The average molecular weight is 465 g/mol. The van der Waals surface area contributed by atoms with E-state index in [4.69, 9.17) is 20.2 Å².